The van der Waals surface area contributed by atoms with E-state index < -0.39 is 56.0 Å². The quantitative estimate of drug-likeness (QED) is 0.124. The summed E-state index contributed by atoms with van der Waals surface area (Å²) < 4.78 is 39.9. The molecule has 0 spiro atoms. The van der Waals surface area contributed by atoms with E-state index in [0.29, 0.717) is 55.3 Å². The molecular weight excluding hydrogens is 831 g/mol. The molecule has 7 rings (SSSR count). The molecule has 2 aliphatic carbocycles. The van der Waals surface area contributed by atoms with Crippen molar-refractivity contribution < 1.29 is 32.3 Å². The molecule has 2 aromatic carbocycles. The number of carbonyl (C=O) groups is 3. The number of amides is 2. The molecule has 3 aliphatic rings. The lowest BCUT2D eigenvalue weighted by Crippen LogP contribution is -2.48. The van der Waals surface area contributed by atoms with Crippen LogP contribution in [-0.2, 0) is 30.8 Å². The van der Waals surface area contributed by atoms with Crippen LogP contribution >= 0.6 is 46.1 Å². The van der Waals surface area contributed by atoms with Gasteiger partial charge in [-0.2, -0.15) is 0 Å². The van der Waals surface area contributed by atoms with Crippen molar-refractivity contribution in [3.63, 3.8) is 0 Å². The summed E-state index contributed by atoms with van der Waals surface area (Å²) in [5.74, 6) is -1.58. The predicted octanol–water partition coefficient (Wildman–Crippen LogP) is 8.34. The van der Waals surface area contributed by atoms with E-state index in [2.05, 4.69) is 16.3 Å². The van der Waals surface area contributed by atoms with E-state index in [-0.39, 0.29) is 49.8 Å². The number of fused-ring (bicyclic) bond motifs is 1. The number of hydrogen-bond donors (Lipinski definition) is 1. The third-order valence-electron chi connectivity index (χ3n) is 11.2. The molecule has 0 bridgehead atoms. The molecule has 5 atom stereocenters. The van der Waals surface area contributed by atoms with Gasteiger partial charge in [0, 0.05) is 56.9 Å². The highest BCUT2D eigenvalue weighted by Gasteiger charge is 2.61. The van der Waals surface area contributed by atoms with E-state index in [4.69, 9.17) is 49.3 Å². The van der Waals surface area contributed by atoms with Crippen LogP contribution in [-0.4, -0.2) is 71.9 Å². The topological polar surface area (TPSA) is 145 Å². The van der Waals surface area contributed by atoms with Crippen LogP contribution in [0.15, 0.2) is 60.6 Å². The van der Waals surface area contributed by atoms with E-state index >= 15 is 0 Å². The van der Waals surface area contributed by atoms with Gasteiger partial charge in [-0.15, -0.1) is 17.9 Å². The van der Waals surface area contributed by atoms with Gasteiger partial charge >= 0.3 is 0 Å². The maximum absolute atomic E-state index is 15.0. The Morgan fingerprint density at radius 3 is 2.47 bits per heavy atom. The summed E-state index contributed by atoms with van der Waals surface area (Å²) in [6.07, 6.45) is 3.83. The normalized spacial score (nSPS) is 22.6. The molecule has 1 N–H and O–H groups in total. The van der Waals surface area contributed by atoms with Gasteiger partial charge in [0.1, 0.15) is 11.9 Å². The molecule has 2 aromatic heterocycles. The zero-order valence-corrected chi connectivity index (χ0v) is 35.8. The van der Waals surface area contributed by atoms with Crippen LogP contribution in [0, 0.1) is 22.7 Å². The first-order valence-electron chi connectivity index (χ1n) is 18.6. The van der Waals surface area contributed by atoms with Crippen molar-refractivity contribution in [1.29, 1.82) is 0 Å². The molecule has 16 heteroatoms. The number of pyridine rings is 1. The van der Waals surface area contributed by atoms with E-state index in [1.54, 1.807) is 60.7 Å². The molecule has 1 saturated heterocycles. The minimum Gasteiger partial charge on any atom is -0.494 e. The summed E-state index contributed by atoms with van der Waals surface area (Å²) in [6.45, 7) is 9.81. The standard InChI is InChI=1S/C41H43Cl3N4O7S2/c1-6-22-17-41(22,39(51)47-57(52,53)26-9-10-26)18-34(49)33-15-25(55-37-29-13-23(42)7-11-27(29)35(54-5)19-45-37)20-48(33)38(50)30(40(2,3)4)16-36-46-32(21-56-36)28-12-8-24(43)14-31(28)44/h6-8,11-14,19,21-22,25-26,30,33H,1,9-10,15-18,20H2,2-5H3,(H,47,51)/t22-,25-,30-,33+,41-/m1/s1. The highest BCUT2D eigenvalue weighted by atomic mass is 35.5. The Morgan fingerprint density at radius 2 is 1.82 bits per heavy atom. The van der Waals surface area contributed by atoms with Crippen molar-refractivity contribution >= 4 is 84.5 Å². The zero-order chi connectivity index (χ0) is 41.0. The van der Waals surface area contributed by atoms with Gasteiger partial charge in [-0.25, -0.2) is 18.4 Å². The number of thiazole rings is 1. The minimum absolute atomic E-state index is 0.0568. The second-order valence-corrected chi connectivity index (χ2v) is 20.4. The predicted molar refractivity (Wildman–Crippen MR) is 223 cm³/mol. The monoisotopic (exact) mass is 872 g/mol. The Morgan fingerprint density at radius 1 is 1.11 bits per heavy atom. The average molecular weight is 874 g/mol. The van der Waals surface area contributed by atoms with Gasteiger partial charge in [0.2, 0.25) is 27.7 Å². The number of ketones is 1. The Kier molecular flexibility index (Phi) is 11.5. The number of Topliss-reactive ketones (excluding diaryl/α,β-unsaturated/α-hetero) is 1. The fourth-order valence-corrected chi connectivity index (χ4v) is 10.6. The second-order valence-electron chi connectivity index (χ2n) is 16.2. The first-order chi connectivity index (χ1) is 26.9. The lowest BCUT2D eigenvalue weighted by molar-refractivity contribution is -0.144. The van der Waals surface area contributed by atoms with Crippen LogP contribution in [0.25, 0.3) is 22.0 Å². The first kappa shape index (κ1) is 41.4. The molecule has 11 nitrogen and oxygen atoms in total. The van der Waals surface area contributed by atoms with Gasteiger partial charge in [0.05, 0.1) is 52.3 Å². The number of nitrogens with zero attached hydrogens (tertiary/aromatic N) is 3. The molecule has 0 radical (unpaired) electrons. The summed E-state index contributed by atoms with van der Waals surface area (Å²) >= 11 is 20.4. The molecular formula is C41H43Cl3N4O7S2. The third kappa shape index (κ3) is 8.55. The van der Waals surface area contributed by atoms with Crippen molar-refractivity contribution in [1.82, 2.24) is 19.6 Å². The Bertz CT molecular complexity index is 2380. The number of ether oxygens (including phenoxy) is 2. The van der Waals surface area contributed by atoms with Gasteiger partial charge in [0.25, 0.3) is 0 Å². The molecule has 57 heavy (non-hydrogen) atoms. The van der Waals surface area contributed by atoms with Gasteiger partial charge < -0.3 is 14.4 Å². The number of carbonyl (C=O) groups excluding carboxylic acids is 3. The van der Waals surface area contributed by atoms with E-state index in [0.717, 1.165) is 5.39 Å². The molecule has 3 heterocycles. The van der Waals surface area contributed by atoms with Gasteiger partial charge in [-0.1, -0.05) is 61.7 Å². The van der Waals surface area contributed by atoms with Crippen molar-refractivity contribution in [2.75, 3.05) is 13.7 Å². The van der Waals surface area contributed by atoms with Crippen molar-refractivity contribution in [3.05, 3.63) is 80.7 Å². The van der Waals surface area contributed by atoms with Crippen molar-refractivity contribution in [2.45, 2.75) is 76.7 Å². The number of aromatic nitrogens is 2. The van der Waals surface area contributed by atoms with Crippen LogP contribution < -0.4 is 14.2 Å². The largest absolute Gasteiger partial charge is 0.494 e. The molecule has 302 valence electrons. The Balaban J connectivity index is 1.19. The van der Waals surface area contributed by atoms with Crippen LogP contribution in [0.4, 0.5) is 0 Å². The minimum atomic E-state index is -3.86. The van der Waals surface area contributed by atoms with Crippen LogP contribution in [0.1, 0.15) is 57.9 Å². The molecule has 2 amide bonds. The Hall–Kier alpha value is -3.75. The second kappa shape index (κ2) is 15.8. The number of allylic oxidation sites excluding steroid dienone is 1. The average Bonchev–Trinajstić information content (AvgIpc) is 4.04. The highest BCUT2D eigenvalue weighted by molar-refractivity contribution is 7.90. The van der Waals surface area contributed by atoms with Crippen molar-refractivity contribution in [2.24, 2.45) is 22.7 Å². The van der Waals surface area contributed by atoms with Crippen LogP contribution in [0.5, 0.6) is 11.6 Å². The highest BCUT2D eigenvalue weighted by Crippen LogP contribution is 2.57. The smallest absolute Gasteiger partial charge is 0.240 e. The SMILES string of the molecule is C=C[C@@H]1C[C@]1(CC(=O)[C@@H]1C[C@@H](Oc2ncc(OC)c3ccc(Cl)cc23)CN1C(=O)[C@@H](Cc1nc(-c2ccc(Cl)cc2Cl)cs1)C(C)(C)C)C(=O)NS(=O)(=O)C1CC1. The van der Waals surface area contributed by atoms with Gasteiger partial charge in [0.15, 0.2) is 5.78 Å². The number of likely N-dealkylation sites (tertiary alicyclic amines) is 1. The van der Waals surface area contributed by atoms with Crippen molar-refractivity contribution in [3.8, 4) is 22.9 Å². The number of rotatable bonds is 14. The summed E-state index contributed by atoms with van der Waals surface area (Å²) in [4.78, 5) is 54.1. The van der Waals surface area contributed by atoms with Crippen LogP contribution in [0.3, 0.4) is 0 Å². The van der Waals surface area contributed by atoms with E-state index in [1.165, 1.54) is 11.3 Å². The molecule has 1 aliphatic heterocycles. The fourth-order valence-electron chi connectivity index (χ4n) is 7.68. The summed E-state index contributed by atoms with van der Waals surface area (Å²) in [5.41, 5.74) is -0.482. The summed E-state index contributed by atoms with van der Waals surface area (Å²) in [5, 5.41) is 4.73. The maximum Gasteiger partial charge on any atom is 0.240 e. The maximum atomic E-state index is 15.0. The molecule has 0 unspecified atom stereocenters. The zero-order valence-electron chi connectivity index (χ0n) is 31.9. The number of sulfonamides is 1. The molecule has 4 aromatic rings. The van der Waals surface area contributed by atoms with E-state index in [1.807, 2.05) is 26.2 Å². The number of nitrogens with one attached hydrogen (secondary N) is 1. The fraction of sp³-hybridized carbons (Fsp3) is 0.439. The molecule has 3 fully saturated rings. The summed E-state index contributed by atoms with van der Waals surface area (Å²) in [6, 6.07) is 9.48. The first-order valence-corrected chi connectivity index (χ1v) is 22.2. The Labute approximate surface area is 351 Å². The van der Waals surface area contributed by atoms with Crippen LogP contribution in [0.2, 0.25) is 15.1 Å². The molecule has 2 saturated carbocycles. The number of benzene rings is 2. The third-order valence-corrected chi connectivity index (χ3v) is 14.7. The number of hydrogen-bond acceptors (Lipinski definition) is 10. The lowest BCUT2D eigenvalue weighted by atomic mass is 9.77. The summed E-state index contributed by atoms with van der Waals surface area (Å²) in [7, 11) is -2.32. The number of halogens is 3. The lowest BCUT2D eigenvalue weighted by Gasteiger charge is -2.35. The van der Waals surface area contributed by atoms with Gasteiger partial charge in [-0.3, -0.25) is 19.1 Å². The number of methoxy groups -OCH3 is 1. The van der Waals surface area contributed by atoms with E-state index in [9.17, 15) is 22.8 Å². The van der Waals surface area contributed by atoms with Gasteiger partial charge in [-0.05, 0) is 67.0 Å².